The summed E-state index contributed by atoms with van der Waals surface area (Å²) in [6, 6.07) is 11.5. The standard InChI is InChI=1S/C23H23N5O2S/c29-20(24-13-12-16-7-2-1-3-8-16)15-31-23-27-26-21-17-9-4-5-10-18(17)25-22(28(21)23)19-11-6-14-30-19/h4-7,9-11,14H,1-3,8,12-13,15H2,(H,24,29). The van der Waals surface area contributed by atoms with Gasteiger partial charge >= 0.3 is 0 Å². The molecule has 0 bridgehead atoms. The highest BCUT2D eigenvalue weighted by atomic mass is 32.2. The fourth-order valence-corrected chi connectivity index (χ4v) is 4.66. The van der Waals surface area contributed by atoms with Crippen molar-refractivity contribution in [2.45, 2.75) is 37.3 Å². The Balaban J connectivity index is 1.35. The molecule has 3 aromatic heterocycles. The lowest BCUT2D eigenvalue weighted by molar-refractivity contribution is -0.118. The first-order valence-electron chi connectivity index (χ1n) is 10.5. The quantitative estimate of drug-likeness (QED) is 0.338. The van der Waals surface area contributed by atoms with Crippen molar-refractivity contribution in [3.8, 4) is 11.6 Å². The van der Waals surface area contributed by atoms with Crippen molar-refractivity contribution in [1.29, 1.82) is 0 Å². The largest absolute Gasteiger partial charge is 0.461 e. The van der Waals surface area contributed by atoms with Gasteiger partial charge in [0.15, 0.2) is 22.4 Å². The number of carbonyl (C=O) groups is 1. The van der Waals surface area contributed by atoms with Crippen molar-refractivity contribution in [2.75, 3.05) is 12.3 Å². The summed E-state index contributed by atoms with van der Waals surface area (Å²) in [6.45, 7) is 0.676. The zero-order valence-electron chi connectivity index (χ0n) is 17.1. The van der Waals surface area contributed by atoms with Crippen molar-refractivity contribution in [1.82, 2.24) is 24.9 Å². The summed E-state index contributed by atoms with van der Waals surface area (Å²) in [7, 11) is 0. The minimum Gasteiger partial charge on any atom is -0.461 e. The number of hydrogen-bond donors (Lipinski definition) is 1. The van der Waals surface area contributed by atoms with Gasteiger partial charge in [0.1, 0.15) is 0 Å². The zero-order valence-corrected chi connectivity index (χ0v) is 17.9. The molecule has 1 aliphatic carbocycles. The van der Waals surface area contributed by atoms with E-state index >= 15 is 0 Å². The number of aromatic nitrogens is 4. The Morgan fingerprint density at radius 3 is 2.94 bits per heavy atom. The number of benzene rings is 1. The highest BCUT2D eigenvalue weighted by molar-refractivity contribution is 7.99. The molecule has 1 amide bonds. The van der Waals surface area contributed by atoms with Gasteiger partial charge in [0.05, 0.1) is 17.5 Å². The maximum Gasteiger partial charge on any atom is 0.230 e. The second-order valence-corrected chi connectivity index (χ2v) is 8.51. The van der Waals surface area contributed by atoms with E-state index in [9.17, 15) is 4.79 Å². The van der Waals surface area contributed by atoms with Crippen LogP contribution in [0.25, 0.3) is 28.1 Å². The van der Waals surface area contributed by atoms with Crippen LogP contribution in [-0.4, -0.2) is 37.8 Å². The summed E-state index contributed by atoms with van der Waals surface area (Å²) in [4.78, 5) is 17.2. The molecular weight excluding hydrogens is 410 g/mol. The molecule has 0 saturated carbocycles. The predicted octanol–water partition coefficient (Wildman–Crippen LogP) is 4.64. The fourth-order valence-electron chi connectivity index (χ4n) is 3.90. The van der Waals surface area contributed by atoms with Crippen LogP contribution in [0, 0.1) is 0 Å². The van der Waals surface area contributed by atoms with Crippen LogP contribution in [-0.2, 0) is 4.79 Å². The van der Waals surface area contributed by atoms with E-state index in [2.05, 4.69) is 21.6 Å². The summed E-state index contributed by atoms with van der Waals surface area (Å²) in [5.74, 6) is 1.51. The van der Waals surface area contributed by atoms with E-state index < -0.39 is 0 Å². The molecule has 5 rings (SSSR count). The molecule has 0 spiro atoms. The van der Waals surface area contributed by atoms with Gasteiger partial charge in [-0.3, -0.25) is 9.20 Å². The molecule has 31 heavy (non-hydrogen) atoms. The van der Waals surface area contributed by atoms with E-state index in [1.807, 2.05) is 40.8 Å². The van der Waals surface area contributed by atoms with Crippen LogP contribution >= 0.6 is 11.8 Å². The maximum absolute atomic E-state index is 12.4. The second-order valence-electron chi connectivity index (χ2n) is 7.57. The molecule has 7 nitrogen and oxygen atoms in total. The van der Waals surface area contributed by atoms with E-state index in [1.54, 1.807) is 6.26 Å². The first kappa shape index (κ1) is 19.8. The van der Waals surface area contributed by atoms with Crippen LogP contribution in [0.2, 0.25) is 0 Å². The van der Waals surface area contributed by atoms with Crippen molar-refractivity contribution in [3.63, 3.8) is 0 Å². The molecule has 8 heteroatoms. The van der Waals surface area contributed by atoms with Crippen molar-refractivity contribution >= 4 is 34.2 Å². The van der Waals surface area contributed by atoms with Crippen LogP contribution < -0.4 is 5.32 Å². The van der Waals surface area contributed by atoms with Crippen molar-refractivity contribution in [3.05, 3.63) is 54.3 Å². The lowest BCUT2D eigenvalue weighted by Crippen LogP contribution is -2.26. The first-order valence-corrected chi connectivity index (χ1v) is 11.5. The van der Waals surface area contributed by atoms with Gasteiger partial charge < -0.3 is 9.73 Å². The number of nitrogens with one attached hydrogen (secondary N) is 1. The minimum atomic E-state index is -0.00791. The molecule has 0 saturated heterocycles. The molecule has 0 atom stereocenters. The number of para-hydroxylation sites is 1. The van der Waals surface area contributed by atoms with Crippen molar-refractivity contribution in [2.24, 2.45) is 0 Å². The Morgan fingerprint density at radius 1 is 1.16 bits per heavy atom. The average Bonchev–Trinajstić information content (AvgIpc) is 3.49. The van der Waals surface area contributed by atoms with E-state index in [0.717, 1.165) is 23.7 Å². The Kier molecular flexibility index (Phi) is 5.71. The molecule has 1 aromatic carbocycles. The van der Waals surface area contributed by atoms with Crippen LogP contribution in [0.1, 0.15) is 32.1 Å². The number of fused-ring (bicyclic) bond motifs is 3. The number of carbonyl (C=O) groups excluding carboxylic acids is 1. The third-order valence-corrected chi connectivity index (χ3v) is 6.37. The monoisotopic (exact) mass is 433 g/mol. The first-order chi connectivity index (χ1) is 15.3. The smallest absolute Gasteiger partial charge is 0.230 e. The lowest BCUT2D eigenvalue weighted by Gasteiger charge is -2.12. The topological polar surface area (TPSA) is 85.3 Å². The lowest BCUT2D eigenvalue weighted by atomic mass is 9.97. The minimum absolute atomic E-state index is 0.00791. The molecule has 1 aliphatic rings. The number of hydrogen-bond acceptors (Lipinski definition) is 6. The average molecular weight is 434 g/mol. The van der Waals surface area contributed by atoms with Gasteiger partial charge in [-0.2, -0.15) is 0 Å². The summed E-state index contributed by atoms with van der Waals surface area (Å²) < 4.78 is 7.47. The highest BCUT2D eigenvalue weighted by Gasteiger charge is 2.18. The van der Waals surface area contributed by atoms with Gasteiger partial charge in [-0.05, 0) is 56.4 Å². The normalized spacial score (nSPS) is 14.1. The Bertz CT molecular complexity index is 1250. The number of rotatable bonds is 7. The molecule has 3 heterocycles. The van der Waals surface area contributed by atoms with E-state index in [-0.39, 0.29) is 11.7 Å². The predicted molar refractivity (Wildman–Crippen MR) is 121 cm³/mol. The number of thioether (sulfide) groups is 1. The number of amides is 1. The molecule has 0 unspecified atom stereocenters. The number of allylic oxidation sites excluding steroid dienone is 1. The van der Waals surface area contributed by atoms with Crippen LogP contribution in [0.5, 0.6) is 0 Å². The van der Waals surface area contributed by atoms with Crippen LogP contribution in [0.15, 0.2) is 63.9 Å². The third kappa shape index (κ3) is 4.20. The SMILES string of the molecule is O=C(CSc1nnc2c3ccccc3nc(-c3ccco3)n12)NCCC1=CCCCC1. The molecule has 0 radical (unpaired) electrons. The van der Waals surface area contributed by atoms with E-state index in [4.69, 9.17) is 9.40 Å². The van der Waals surface area contributed by atoms with Gasteiger partial charge in [0.2, 0.25) is 5.91 Å². The Hall–Kier alpha value is -3.13. The molecule has 0 aliphatic heterocycles. The number of furan rings is 1. The summed E-state index contributed by atoms with van der Waals surface area (Å²) in [5.41, 5.74) is 2.98. The van der Waals surface area contributed by atoms with Gasteiger partial charge in [-0.15, -0.1) is 10.2 Å². The molecular formula is C23H23N5O2S. The zero-order chi connectivity index (χ0) is 21.0. The van der Waals surface area contributed by atoms with Gasteiger partial charge in [-0.25, -0.2) is 4.98 Å². The summed E-state index contributed by atoms with van der Waals surface area (Å²) >= 11 is 1.35. The van der Waals surface area contributed by atoms with Crippen LogP contribution in [0.4, 0.5) is 0 Å². The van der Waals surface area contributed by atoms with Gasteiger partial charge in [0.25, 0.3) is 0 Å². The molecule has 0 fully saturated rings. The maximum atomic E-state index is 12.4. The van der Waals surface area contributed by atoms with Gasteiger partial charge in [-0.1, -0.05) is 35.5 Å². The Labute approximate surface area is 183 Å². The van der Waals surface area contributed by atoms with E-state index in [0.29, 0.717) is 28.9 Å². The fraction of sp³-hybridized carbons (Fsp3) is 0.304. The Morgan fingerprint density at radius 2 is 2.10 bits per heavy atom. The van der Waals surface area contributed by atoms with Crippen molar-refractivity contribution < 1.29 is 9.21 Å². The molecule has 158 valence electrons. The number of nitrogens with zero attached hydrogens (tertiary/aromatic N) is 4. The van der Waals surface area contributed by atoms with E-state index in [1.165, 1.54) is 36.6 Å². The summed E-state index contributed by atoms with van der Waals surface area (Å²) in [5, 5.41) is 13.3. The van der Waals surface area contributed by atoms with Gasteiger partial charge in [0, 0.05) is 11.9 Å². The second kappa shape index (κ2) is 8.93. The van der Waals surface area contributed by atoms with Crippen LogP contribution in [0.3, 0.4) is 0 Å². The highest BCUT2D eigenvalue weighted by Crippen LogP contribution is 2.29. The molecule has 4 aromatic rings. The third-order valence-electron chi connectivity index (χ3n) is 5.44. The molecule has 1 N–H and O–H groups in total. The summed E-state index contributed by atoms with van der Waals surface area (Å²) in [6.07, 6.45) is 9.74.